The van der Waals surface area contributed by atoms with Gasteiger partial charge >= 0.3 is 5.97 Å². The Bertz CT molecular complexity index is 684. The molecular weight excluding hydrogens is 309 g/mol. The molecule has 2 aromatic rings. The molecule has 1 aromatic carbocycles. The molecule has 1 fully saturated rings. The third-order valence-corrected chi connectivity index (χ3v) is 4.25. The standard InChI is InChI=1S/C18H22FN3O2/c1-2-24-18(23)15-4-3-10-21(12-15)13-22-11-9-17(20-22)14-5-7-16(19)8-6-14/h5-9,11,15H,2-4,10,12-13H2,1H3. The van der Waals surface area contributed by atoms with Crippen LogP contribution in [0.2, 0.25) is 0 Å². The largest absolute Gasteiger partial charge is 0.466 e. The second kappa shape index (κ2) is 7.57. The highest BCUT2D eigenvalue weighted by molar-refractivity contribution is 5.72. The lowest BCUT2D eigenvalue weighted by atomic mass is 9.99. The fraction of sp³-hybridized carbons (Fsp3) is 0.444. The molecule has 1 aliphatic heterocycles. The van der Waals surface area contributed by atoms with E-state index in [1.54, 1.807) is 12.1 Å². The van der Waals surface area contributed by atoms with Crippen LogP contribution in [0.4, 0.5) is 4.39 Å². The second-order valence-corrected chi connectivity index (χ2v) is 6.06. The molecule has 0 spiro atoms. The average molecular weight is 331 g/mol. The number of hydrogen-bond donors (Lipinski definition) is 0. The van der Waals surface area contributed by atoms with Gasteiger partial charge in [-0.05, 0) is 56.6 Å². The summed E-state index contributed by atoms with van der Waals surface area (Å²) < 4.78 is 20.0. The number of benzene rings is 1. The molecule has 6 heteroatoms. The number of halogens is 1. The van der Waals surface area contributed by atoms with Crippen molar-refractivity contribution in [2.45, 2.75) is 26.4 Å². The maximum absolute atomic E-state index is 13.0. The Morgan fingerprint density at radius 3 is 2.88 bits per heavy atom. The van der Waals surface area contributed by atoms with Crippen molar-refractivity contribution in [1.29, 1.82) is 0 Å². The molecule has 2 heterocycles. The quantitative estimate of drug-likeness (QED) is 0.791. The predicted octanol–water partition coefficient (Wildman–Crippen LogP) is 2.92. The SMILES string of the molecule is CCOC(=O)C1CCCN(Cn2ccc(-c3ccc(F)cc3)n2)C1. The van der Waals surface area contributed by atoms with Crippen LogP contribution in [0.15, 0.2) is 36.5 Å². The van der Waals surface area contributed by atoms with Gasteiger partial charge in [-0.1, -0.05) is 0 Å². The van der Waals surface area contributed by atoms with Crippen molar-refractivity contribution < 1.29 is 13.9 Å². The molecular formula is C18H22FN3O2. The Morgan fingerprint density at radius 1 is 1.33 bits per heavy atom. The zero-order valence-electron chi connectivity index (χ0n) is 13.8. The van der Waals surface area contributed by atoms with E-state index in [2.05, 4.69) is 10.00 Å². The predicted molar refractivity (Wildman–Crippen MR) is 88.6 cm³/mol. The lowest BCUT2D eigenvalue weighted by Gasteiger charge is -2.31. The number of hydrogen-bond acceptors (Lipinski definition) is 4. The number of piperidine rings is 1. The van der Waals surface area contributed by atoms with E-state index in [0.29, 0.717) is 19.8 Å². The summed E-state index contributed by atoms with van der Waals surface area (Å²) in [5.41, 5.74) is 1.70. The zero-order valence-corrected chi connectivity index (χ0v) is 13.8. The summed E-state index contributed by atoms with van der Waals surface area (Å²) in [5, 5.41) is 4.55. The minimum Gasteiger partial charge on any atom is -0.466 e. The number of aromatic nitrogens is 2. The molecule has 0 amide bonds. The van der Waals surface area contributed by atoms with Gasteiger partial charge in [-0.3, -0.25) is 14.4 Å². The monoisotopic (exact) mass is 331 g/mol. The summed E-state index contributed by atoms with van der Waals surface area (Å²) in [4.78, 5) is 14.1. The Balaban J connectivity index is 1.62. The van der Waals surface area contributed by atoms with Crippen molar-refractivity contribution in [3.8, 4) is 11.3 Å². The second-order valence-electron chi connectivity index (χ2n) is 6.06. The number of rotatable bonds is 5. The number of esters is 1. The van der Waals surface area contributed by atoms with Crippen molar-refractivity contribution in [3.63, 3.8) is 0 Å². The van der Waals surface area contributed by atoms with Gasteiger partial charge in [-0.15, -0.1) is 0 Å². The van der Waals surface area contributed by atoms with Crippen LogP contribution < -0.4 is 0 Å². The summed E-state index contributed by atoms with van der Waals surface area (Å²) in [6.07, 6.45) is 3.78. The number of carbonyl (C=O) groups excluding carboxylic acids is 1. The average Bonchev–Trinajstić information content (AvgIpc) is 3.04. The third-order valence-electron chi connectivity index (χ3n) is 4.25. The van der Waals surface area contributed by atoms with Crippen LogP contribution in [0.25, 0.3) is 11.3 Å². The highest BCUT2D eigenvalue weighted by Crippen LogP contribution is 2.20. The van der Waals surface area contributed by atoms with E-state index in [-0.39, 0.29) is 17.7 Å². The fourth-order valence-corrected chi connectivity index (χ4v) is 3.06. The number of carbonyl (C=O) groups is 1. The highest BCUT2D eigenvalue weighted by Gasteiger charge is 2.26. The van der Waals surface area contributed by atoms with Crippen LogP contribution in [0.1, 0.15) is 19.8 Å². The van der Waals surface area contributed by atoms with Gasteiger partial charge in [0.15, 0.2) is 0 Å². The number of likely N-dealkylation sites (tertiary alicyclic amines) is 1. The molecule has 3 rings (SSSR count). The summed E-state index contributed by atoms with van der Waals surface area (Å²) in [6, 6.07) is 8.23. The van der Waals surface area contributed by atoms with Gasteiger partial charge in [0.25, 0.3) is 0 Å². The van der Waals surface area contributed by atoms with Gasteiger partial charge < -0.3 is 4.74 Å². The highest BCUT2D eigenvalue weighted by atomic mass is 19.1. The zero-order chi connectivity index (χ0) is 16.9. The molecule has 0 bridgehead atoms. The fourth-order valence-electron chi connectivity index (χ4n) is 3.06. The maximum atomic E-state index is 13.0. The van der Waals surface area contributed by atoms with Crippen molar-refractivity contribution in [3.05, 3.63) is 42.3 Å². The molecule has 0 N–H and O–H groups in total. The Hall–Kier alpha value is -2.21. The van der Waals surface area contributed by atoms with Gasteiger partial charge in [0, 0.05) is 18.3 Å². The minimum atomic E-state index is -0.253. The molecule has 1 saturated heterocycles. The first-order valence-corrected chi connectivity index (χ1v) is 8.34. The molecule has 0 saturated carbocycles. The molecule has 0 radical (unpaired) electrons. The maximum Gasteiger partial charge on any atom is 0.310 e. The molecule has 1 aromatic heterocycles. The van der Waals surface area contributed by atoms with E-state index in [1.165, 1.54) is 12.1 Å². The summed E-state index contributed by atoms with van der Waals surface area (Å²) in [6.45, 7) is 4.54. The van der Waals surface area contributed by atoms with Gasteiger partial charge in [-0.25, -0.2) is 4.39 Å². The minimum absolute atomic E-state index is 0.0502. The van der Waals surface area contributed by atoms with E-state index in [9.17, 15) is 9.18 Å². The molecule has 0 aliphatic carbocycles. The first-order chi connectivity index (χ1) is 11.7. The smallest absolute Gasteiger partial charge is 0.310 e. The Kier molecular flexibility index (Phi) is 5.25. The first-order valence-electron chi connectivity index (χ1n) is 8.34. The first kappa shape index (κ1) is 16.6. The van der Waals surface area contributed by atoms with Crippen LogP contribution in [0, 0.1) is 11.7 Å². The van der Waals surface area contributed by atoms with Crippen molar-refractivity contribution >= 4 is 5.97 Å². The van der Waals surface area contributed by atoms with Gasteiger partial charge in [0.2, 0.25) is 0 Å². The topological polar surface area (TPSA) is 47.4 Å². The number of nitrogens with zero attached hydrogens (tertiary/aromatic N) is 3. The Morgan fingerprint density at radius 2 is 2.12 bits per heavy atom. The van der Waals surface area contributed by atoms with Crippen LogP contribution in [-0.2, 0) is 16.2 Å². The molecule has 24 heavy (non-hydrogen) atoms. The summed E-state index contributed by atoms with van der Waals surface area (Å²) >= 11 is 0. The molecule has 1 unspecified atom stereocenters. The summed E-state index contributed by atoms with van der Waals surface area (Å²) in [5.74, 6) is -0.406. The van der Waals surface area contributed by atoms with Crippen LogP contribution >= 0.6 is 0 Å². The van der Waals surface area contributed by atoms with Gasteiger partial charge in [0.1, 0.15) is 5.82 Å². The van der Waals surface area contributed by atoms with Crippen molar-refractivity contribution in [2.75, 3.05) is 19.7 Å². The van der Waals surface area contributed by atoms with E-state index in [0.717, 1.165) is 30.6 Å². The third kappa shape index (κ3) is 4.00. The number of ether oxygens (including phenoxy) is 1. The molecule has 128 valence electrons. The van der Waals surface area contributed by atoms with Crippen LogP contribution in [0.5, 0.6) is 0 Å². The van der Waals surface area contributed by atoms with E-state index in [1.807, 2.05) is 23.9 Å². The summed E-state index contributed by atoms with van der Waals surface area (Å²) in [7, 11) is 0. The lowest BCUT2D eigenvalue weighted by Crippen LogP contribution is -2.40. The van der Waals surface area contributed by atoms with E-state index < -0.39 is 0 Å². The van der Waals surface area contributed by atoms with Crippen molar-refractivity contribution in [1.82, 2.24) is 14.7 Å². The lowest BCUT2D eigenvalue weighted by molar-refractivity contribution is -0.150. The van der Waals surface area contributed by atoms with Gasteiger partial charge in [-0.2, -0.15) is 5.10 Å². The van der Waals surface area contributed by atoms with E-state index >= 15 is 0 Å². The van der Waals surface area contributed by atoms with Crippen molar-refractivity contribution in [2.24, 2.45) is 5.92 Å². The normalized spacial score (nSPS) is 18.5. The molecule has 5 nitrogen and oxygen atoms in total. The van der Waals surface area contributed by atoms with Crippen LogP contribution in [-0.4, -0.2) is 40.3 Å². The van der Waals surface area contributed by atoms with E-state index in [4.69, 9.17) is 4.74 Å². The van der Waals surface area contributed by atoms with Gasteiger partial charge in [0.05, 0.1) is 24.9 Å². The van der Waals surface area contributed by atoms with Crippen LogP contribution in [0.3, 0.4) is 0 Å². The Labute approximate surface area is 141 Å². The molecule has 1 aliphatic rings. The molecule has 1 atom stereocenters.